The second-order valence-corrected chi connectivity index (χ2v) is 5.53. The summed E-state index contributed by atoms with van der Waals surface area (Å²) in [5.74, 6) is 0.631. The second kappa shape index (κ2) is 4.86. The fourth-order valence-corrected chi connectivity index (χ4v) is 2.81. The molecular weight excluding hydrogens is 263 g/mol. The third-order valence-corrected chi connectivity index (χ3v) is 4.37. The molecule has 5 heteroatoms. The first-order valence-electron chi connectivity index (χ1n) is 5.25. The lowest BCUT2D eigenvalue weighted by molar-refractivity contribution is 0.813. The molecule has 0 fully saturated rings. The lowest BCUT2D eigenvalue weighted by Crippen LogP contribution is -1.97. The van der Waals surface area contributed by atoms with Crippen LogP contribution in [0, 0.1) is 0 Å². The van der Waals surface area contributed by atoms with E-state index in [-0.39, 0.29) is 5.38 Å². The van der Waals surface area contributed by atoms with Crippen LogP contribution in [0.5, 0.6) is 0 Å². The van der Waals surface area contributed by atoms with Gasteiger partial charge in [-0.05, 0) is 18.9 Å². The van der Waals surface area contributed by atoms with Crippen molar-refractivity contribution in [2.24, 2.45) is 0 Å². The van der Waals surface area contributed by atoms with Gasteiger partial charge >= 0.3 is 0 Å². The van der Waals surface area contributed by atoms with Crippen LogP contribution < -0.4 is 0 Å². The maximum absolute atomic E-state index is 6.13. The van der Waals surface area contributed by atoms with Crippen LogP contribution in [-0.2, 0) is 6.42 Å². The summed E-state index contributed by atoms with van der Waals surface area (Å²) in [4.78, 5) is 10.9. The highest BCUT2D eigenvalue weighted by Crippen LogP contribution is 2.31. The normalized spacial score (nSPS) is 13.2. The molecule has 2 aromatic rings. The summed E-state index contributed by atoms with van der Waals surface area (Å²) >= 11 is 13.9. The first-order valence-corrected chi connectivity index (χ1v) is 6.88. The lowest BCUT2D eigenvalue weighted by Gasteiger charge is -2.04. The summed E-state index contributed by atoms with van der Waals surface area (Å²) in [6.45, 7) is 4.12. The lowest BCUT2D eigenvalue weighted by atomic mass is 10.3. The molecule has 86 valence electrons. The number of halogens is 2. The zero-order valence-corrected chi connectivity index (χ0v) is 11.5. The average molecular weight is 275 g/mol. The smallest absolute Gasteiger partial charge is 0.149 e. The Morgan fingerprint density at radius 3 is 2.75 bits per heavy atom. The van der Waals surface area contributed by atoms with Gasteiger partial charge in [-0.15, -0.1) is 22.9 Å². The molecule has 2 nitrogen and oxygen atoms in total. The van der Waals surface area contributed by atoms with E-state index in [0.717, 1.165) is 23.1 Å². The van der Waals surface area contributed by atoms with Crippen LogP contribution in [-0.4, -0.2) is 9.97 Å². The molecule has 0 saturated heterocycles. The summed E-state index contributed by atoms with van der Waals surface area (Å²) in [5.41, 5.74) is 0. The molecule has 0 saturated carbocycles. The van der Waals surface area contributed by atoms with Crippen LogP contribution >= 0.6 is 34.5 Å². The van der Waals surface area contributed by atoms with Crippen molar-refractivity contribution in [2.75, 3.05) is 0 Å². The highest BCUT2D eigenvalue weighted by atomic mass is 35.5. The van der Waals surface area contributed by atoms with Crippen LogP contribution in [0.15, 0.2) is 6.07 Å². The van der Waals surface area contributed by atoms with Crippen LogP contribution in [0.25, 0.3) is 10.2 Å². The van der Waals surface area contributed by atoms with Crippen LogP contribution in [0.4, 0.5) is 0 Å². The van der Waals surface area contributed by atoms with E-state index in [0.29, 0.717) is 11.0 Å². The van der Waals surface area contributed by atoms with E-state index in [4.69, 9.17) is 23.2 Å². The van der Waals surface area contributed by atoms with Crippen molar-refractivity contribution in [3.63, 3.8) is 0 Å². The Morgan fingerprint density at radius 2 is 2.12 bits per heavy atom. The molecule has 0 radical (unpaired) electrons. The van der Waals surface area contributed by atoms with Gasteiger partial charge in [0, 0.05) is 10.3 Å². The third kappa shape index (κ3) is 2.17. The Labute approximate surface area is 109 Å². The van der Waals surface area contributed by atoms with Crippen molar-refractivity contribution >= 4 is 44.8 Å². The summed E-state index contributed by atoms with van der Waals surface area (Å²) in [7, 11) is 0. The largest absolute Gasteiger partial charge is 0.220 e. The fourth-order valence-electron chi connectivity index (χ4n) is 1.45. The highest BCUT2D eigenvalue weighted by molar-refractivity contribution is 7.18. The van der Waals surface area contributed by atoms with Crippen molar-refractivity contribution in [1.82, 2.24) is 9.97 Å². The molecule has 2 heterocycles. The molecule has 0 N–H and O–H groups in total. The second-order valence-electron chi connectivity index (χ2n) is 3.53. The number of nitrogens with zero attached hydrogens (tertiary/aromatic N) is 2. The first-order chi connectivity index (χ1) is 7.65. The molecule has 1 unspecified atom stereocenters. The van der Waals surface area contributed by atoms with Crippen molar-refractivity contribution in [3.8, 4) is 0 Å². The Hall–Kier alpha value is -0.380. The van der Waals surface area contributed by atoms with E-state index < -0.39 is 0 Å². The van der Waals surface area contributed by atoms with Gasteiger partial charge in [0.15, 0.2) is 0 Å². The Bertz CT molecular complexity index is 510. The predicted molar refractivity (Wildman–Crippen MR) is 70.7 cm³/mol. The van der Waals surface area contributed by atoms with Crippen molar-refractivity contribution in [1.29, 1.82) is 0 Å². The maximum Gasteiger partial charge on any atom is 0.149 e. The molecule has 0 aliphatic carbocycles. The van der Waals surface area contributed by atoms with Crippen molar-refractivity contribution < 1.29 is 0 Å². The Balaban J connectivity index is 2.57. The van der Waals surface area contributed by atoms with E-state index >= 15 is 0 Å². The third-order valence-electron chi connectivity index (χ3n) is 2.40. The molecule has 2 aromatic heterocycles. The summed E-state index contributed by atoms with van der Waals surface area (Å²) in [6, 6.07) is 2.06. The standard InChI is InChI=1S/C11H12Cl2N2S/c1-3-6-5-7-9(13)14-10(8(12)4-2)15-11(7)16-6/h5,8H,3-4H2,1-2H3. The average Bonchev–Trinajstić information content (AvgIpc) is 2.71. The summed E-state index contributed by atoms with van der Waals surface area (Å²) in [6.07, 6.45) is 1.79. The van der Waals surface area contributed by atoms with Gasteiger partial charge in [-0.1, -0.05) is 25.4 Å². The van der Waals surface area contributed by atoms with Gasteiger partial charge < -0.3 is 0 Å². The number of aromatic nitrogens is 2. The van der Waals surface area contributed by atoms with Crippen molar-refractivity contribution in [3.05, 3.63) is 21.9 Å². The number of rotatable bonds is 3. The number of alkyl halides is 1. The number of fused-ring (bicyclic) bond motifs is 1. The van der Waals surface area contributed by atoms with Gasteiger partial charge in [-0.3, -0.25) is 0 Å². The molecule has 0 bridgehead atoms. The SMILES string of the molecule is CCc1cc2c(Cl)nc(C(Cl)CC)nc2s1. The minimum absolute atomic E-state index is 0.158. The zero-order valence-electron chi connectivity index (χ0n) is 9.13. The number of aryl methyl sites for hydroxylation is 1. The van der Waals surface area contributed by atoms with Gasteiger partial charge in [0.1, 0.15) is 15.8 Å². The van der Waals surface area contributed by atoms with E-state index in [1.54, 1.807) is 11.3 Å². The Morgan fingerprint density at radius 1 is 1.38 bits per heavy atom. The van der Waals surface area contributed by atoms with Crippen molar-refractivity contribution in [2.45, 2.75) is 32.1 Å². The van der Waals surface area contributed by atoms with E-state index in [1.807, 2.05) is 6.92 Å². The van der Waals surface area contributed by atoms with Gasteiger partial charge in [0.2, 0.25) is 0 Å². The van der Waals surface area contributed by atoms with Crippen LogP contribution in [0.3, 0.4) is 0 Å². The Kier molecular flexibility index (Phi) is 3.67. The van der Waals surface area contributed by atoms with Gasteiger partial charge in [0.05, 0.1) is 5.38 Å². The molecule has 1 atom stereocenters. The minimum Gasteiger partial charge on any atom is -0.220 e. The molecule has 0 aromatic carbocycles. The fraction of sp³-hybridized carbons (Fsp3) is 0.455. The summed E-state index contributed by atoms with van der Waals surface area (Å²) < 4.78 is 0. The number of hydrogen-bond acceptors (Lipinski definition) is 3. The first kappa shape index (κ1) is 12.1. The van der Waals surface area contributed by atoms with Gasteiger partial charge in [0.25, 0.3) is 0 Å². The monoisotopic (exact) mass is 274 g/mol. The molecule has 16 heavy (non-hydrogen) atoms. The quantitative estimate of drug-likeness (QED) is 0.604. The van der Waals surface area contributed by atoms with E-state index in [1.165, 1.54) is 4.88 Å². The molecular formula is C11H12Cl2N2S. The van der Waals surface area contributed by atoms with Gasteiger partial charge in [-0.2, -0.15) is 0 Å². The zero-order chi connectivity index (χ0) is 11.7. The van der Waals surface area contributed by atoms with Gasteiger partial charge in [-0.25, -0.2) is 9.97 Å². The minimum atomic E-state index is -0.158. The summed E-state index contributed by atoms with van der Waals surface area (Å²) in [5, 5.41) is 1.29. The number of hydrogen-bond donors (Lipinski definition) is 0. The number of thiophene rings is 1. The molecule has 2 rings (SSSR count). The molecule has 0 aliphatic heterocycles. The van der Waals surface area contributed by atoms with Crippen LogP contribution in [0.2, 0.25) is 5.15 Å². The predicted octanol–water partition coefficient (Wildman–Crippen LogP) is 4.60. The molecule has 0 amide bonds. The maximum atomic E-state index is 6.13. The molecule has 0 spiro atoms. The van der Waals surface area contributed by atoms with E-state index in [2.05, 4.69) is 23.0 Å². The topological polar surface area (TPSA) is 25.8 Å². The highest BCUT2D eigenvalue weighted by Gasteiger charge is 2.14. The van der Waals surface area contributed by atoms with E-state index in [9.17, 15) is 0 Å². The molecule has 0 aliphatic rings. The van der Waals surface area contributed by atoms with Crippen LogP contribution in [0.1, 0.15) is 36.3 Å².